The van der Waals surface area contributed by atoms with Gasteiger partial charge in [-0.15, -0.1) is 0 Å². The van der Waals surface area contributed by atoms with E-state index in [0.717, 1.165) is 30.8 Å². The summed E-state index contributed by atoms with van der Waals surface area (Å²) < 4.78 is 6.91. The van der Waals surface area contributed by atoms with Crippen molar-refractivity contribution in [3.63, 3.8) is 0 Å². The summed E-state index contributed by atoms with van der Waals surface area (Å²) in [6, 6.07) is 3.63. The van der Waals surface area contributed by atoms with Gasteiger partial charge < -0.3 is 9.42 Å². The number of hydrogen-bond acceptors (Lipinski definition) is 4. The third-order valence-electron chi connectivity index (χ3n) is 3.53. The Balaban J connectivity index is 1.88. The Morgan fingerprint density at radius 1 is 1.53 bits per heavy atom. The largest absolute Gasteiger partial charge is 0.359 e. The average Bonchev–Trinajstić information content (AvgIpc) is 3.07. The lowest BCUT2D eigenvalue weighted by molar-refractivity contribution is 0.0703. The molecule has 0 unspecified atom stereocenters. The summed E-state index contributed by atoms with van der Waals surface area (Å²) in [5.41, 5.74) is 1.44. The molecule has 0 aromatic carbocycles. The summed E-state index contributed by atoms with van der Waals surface area (Å²) in [7, 11) is 1.77. The number of carbonyl (C=O) groups excluding carboxylic acids is 1. The smallest absolute Gasteiger partial charge is 0.272 e. The molecule has 6 nitrogen and oxygen atoms in total. The van der Waals surface area contributed by atoms with Crippen molar-refractivity contribution in [1.82, 2.24) is 19.8 Å². The van der Waals surface area contributed by atoms with Crippen LogP contribution in [0.2, 0.25) is 0 Å². The topological polar surface area (TPSA) is 64.2 Å². The molecule has 0 aliphatic carbocycles. The first-order chi connectivity index (χ1) is 9.16. The van der Waals surface area contributed by atoms with E-state index in [4.69, 9.17) is 4.52 Å². The molecule has 19 heavy (non-hydrogen) atoms. The fraction of sp³-hybridized carbons (Fsp3) is 0.462. The molecule has 3 heterocycles. The zero-order valence-electron chi connectivity index (χ0n) is 11.0. The van der Waals surface area contributed by atoms with Gasteiger partial charge in [-0.3, -0.25) is 9.48 Å². The van der Waals surface area contributed by atoms with Crippen molar-refractivity contribution in [3.05, 3.63) is 35.5 Å². The van der Waals surface area contributed by atoms with Crippen LogP contribution in [0.3, 0.4) is 0 Å². The van der Waals surface area contributed by atoms with Gasteiger partial charge in [0.25, 0.3) is 5.91 Å². The predicted molar refractivity (Wildman–Crippen MR) is 67.5 cm³/mol. The first-order valence-electron chi connectivity index (χ1n) is 6.39. The Kier molecular flexibility index (Phi) is 2.85. The minimum Gasteiger partial charge on any atom is -0.359 e. The molecule has 0 N–H and O–H groups in total. The van der Waals surface area contributed by atoms with Gasteiger partial charge in [0.1, 0.15) is 5.69 Å². The second-order valence-electron chi connectivity index (χ2n) is 4.87. The Hall–Kier alpha value is -2.11. The Morgan fingerprint density at radius 2 is 2.37 bits per heavy atom. The fourth-order valence-electron chi connectivity index (χ4n) is 2.58. The van der Waals surface area contributed by atoms with Crippen molar-refractivity contribution < 1.29 is 9.32 Å². The number of rotatable bonds is 2. The van der Waals surface area contributed by atoms with Gasteiger partial charge in [0, 0.05) is 25.9 Å². The monoisotopic (exact) mass is 260 g/mol. The van der Waals surface area contributed by atoms with E-state index in [9.17, 15) is 4.79 Å². The molecule has 1 saturated heterocycles. The van der Waals surface area contributed by atoms with E-state index in [-0.39, 0.29) is 11.9 Å². The first-order valence-corrected chi connectivity index (χ1v) is 6.39. The normalized spacial score (nSPS) is 19.1. The van der Waals surface area contributed by atoms with Crippen molar-refractivity contribution >= 4 is 5.91 Å². The average molecular weight is 260 g/mol. The molecule has 100 valence electrons. The molecule has 1 amide bonds. The molecule has 1 fully saturated rings. The summed E-state index contributed by atoms with van der Waals surface area (Å²) in [5.74, 6) is 0.766. The number of amides is 1. The highest BCUT2D eigenvalue weighted by Crippen LogP contribution is 2.33. The highest BCUT2D eigenvalue weighted by molar-refractivity contribution is 5.92. The number of carbonyl (C=O) groups is 1. The summed E-state index contributed by atoms with van der Waals surface area (Å²) in [6.45, 7) is 2.63. The van der Waals surface area contributed by atoms with Crippen LogP contribution >= 0.6 is 0 Å². The van der Waals surface area contributed by atoms with E-state index >= 15 is 0 Å². The Labute approximate surface area is 111 Å². The van der Waals surface area contributed by atoms with Gasteiger partial charge in [-0.1, -0.05) is 5.16 Å². The van der Waals surface area contributed by atoms with E-state index in [2.05, 4.69) is 10.3 Å². The van der Waals surface area contributed by atoms with Gasteiger partial charge in [-0.25, -0.2) is 0 Å². The second-order valence-corrected chi connectivity index (χ2v) is 4.87. The van der Waals surface area contributed by atoms with E-state index in [0.29, 0.717) is 5.69 Å². The van der Waals surface area contributed by atoms with E-state index in [1.165, 1.54) is 0 Å². The SMILES string of the molecule is Cc1cc([C@@H]2CCCN2C(=O)c2ccnn2C)on1. The molecule has 6 heteroatoms. The molecule has 0 spiro atoms. The van der Waals surface area contributed by atoms with Crippen molar-refractivity contribution in [2.24, 2.45) is 7.05 Å². The molecule has 0 saturated carbocycles. The van der Waals surface area contributed by atoms with E-state index in [1.54, 1.807) is 24.0 Å². The molecule has 3 rings (SSSR count). The van der Waals surface area contributed by atoms with Gasteiger partial charge in [0.15, 0.2) is 5.76 Å². The van der Waals surface area contributed by atoms with Crippen LogP contribution in [0.25, 0.3) is 0 Å². The van der Waals surface area contributed by atoms with E-state index < -0.39 is 0 Å². The molecule has 0 bridgehead atoms. The Morgan fingerprint density at radius 3 is 3.00 bits per heavy atom. The zero-order valence-corrected chi connectivity index (χ0v) is 11.0. The standard InChI is InChI=1S/C13H16N4O2/c1-9-8-12(19-15-9)10-4-3-7-17(10)13(18)11-5-6-14-16(11)2/h5-6,8,10H,3-4,7H2,1-2H3/t10-/m0/s1. The van der Waals surface area contributed by atoms with Crippen molar-refractivity contribution in [2.45, 2.75) is 25.8 Å². The van der Waals surface area contributed by atoms with Crippen LogP contribution in [0.1, 0.15) is 40.8 Å². The third kappa shape index (κ3) is 2.03. The molecular weight excluding hydrogens is 244 g/mol. The van der Waals surface area contributed by atoms with E-state index in [1.807, 2.05) is 17.9 Å². The van der Waals surface area contributed by atoms with Crippen LogP contribution in [0.15, 0.2) is 22.9 Å². The zero-order chi connectivity index (χ0) is 13.4. The van der Waals surface area contributed by atoms with Crippen LogP contribution in [0, 0.1) is 6.92 Å². The summed E-state index contributed by atoms with van der Waals surface area (Å²) in [4.78, 5) is 14.4. The van der Waals surface area contributed by atoms with Crippen LogP contribution < -0.4 is 0 Å². The predicted octanol–water partition coefficient (Wildman–Crippen LogP) is 1.69. The lowest BCUT2D eigenvalue weighted by Gasteiger charge is -2.22. The lowest BCUT2D eigenvalue weighted by Crippen LogP contribution is -2.31. The van der Waals surface area contributed by atoms with Crippen LogP contribution in [0.5, 0.6) is 0 Å². The molecular formula is C13H16N4O2. The summed E-state index contributed by atoms with van der Waals surface area (Å²) in [6.07, 6.45) is 3.53. The molecule has 1 aliphatic rings. The molecule has 0 radical (unpaired) electrons. The van der Waals surface area contributed by atoms with Crippen molar-refractivity contribution in [2.75, 3.05) is 6.54 Å². The van der Waals surface area contributed by atoms with Gasteiger partial charge in [-0.05, 0) is 25.8 Å². The Bertz CT molecular complexity index is 601. The first kappa shape index (κ1) is 12.0. The van der Waals surface area contributed by atoms with Gasteiger partial charge in [0.05, 0.1) is 11.7 Å². The third-order valence-corrected chi connectivity index (χ3v) is 3.53. The number of likely N-dealkylation sites (tertiary alicyclic amines) is 1. The van der Waals surface area contributed by atoms with Crippen LogP contribution in [-0.4, -0.2) is 32.3 Å². The second kappa shape index (κ2) is 4.53. The fourth-order valence-corrected chi connectivity index (χ4v) is 2.58. The highest BCUT2D eigenvalue weighted by Gasteiger charge is 2.34. The van der Waals surface area contributed by atoms with Crippen molar-refractivity contribution in [3.8, 4) is 0 Å². The van der Waals surface area contributed by atoms with Crippen molar-refractivity contribution in [1.29, 1.82) is 0 Å². The van der Waals surface area contributed by atoms with Gasteiger partial charge >= 0.3 is 0 Å². The van der Waals surface area contributed by atoms with Crippen LogP contribution in [0.4, 0.5) is 0 Å². The van der Waals surface area contributed by atoms with Crippen LogP contribution in [-0.2, 0) is 7.05 Å². The molecule has 2 aromatic heterocycles. The molecule has 1 aliphatic heterocycles. The number of nitrogens with zero attached hydrogens (tertiary/aromatic N) is 4. The molecule has 2 aromatic rings. The molecule has 1 atom stereocenters. The summed E-state index contributed by atoms with van der Waals surface area (Å²) >= 11 is 0. The lowest BCUT2D eigenvalue weighted by atomic mass is 10.1. The maximum absolute atomic E-state index is 12.5. The minimum atomic E-state index is -0.0106. The minimum absolute atomic E-state index is 0.00319. The quantitative estimate of drug-likeness (QED) is 0.824. The highest BCUT2D eigenvalue weighted by atomic mass is 16.5. The van der Waals surface area contributed by atoms with Gasteiger partial charge in [-0.2, -0.15) is 5.10 Å². The number of aromatic nitrogens is 3. The maximum Gasteiger partial charge on any atom is 0.272 e. The summed E-state index contributed by atoms with van der Waals surface area (Å²) in [5, 5.41) is 7.95. The maximum atomic E-state index is 12.5. The number of aryl methyl sites for hydroxylation is 2. The van der Waals surface area contributed by atoms with Gasteiger partial charge in [0.2, 0.25) is 0 Å². The number of hydrogen-bond donors (Lipinski definition) is 0.